The van der Waals surface area contributed by atoms with E-state index in [0.717, 1.165) is 29.4 Å². The number of carbonyl (C=O) groups excluding carboxylic acids is 1. The van der Waals surface area contributed by atoms with E-state index in [1.54, 1.807) is 18.2 Å². The lowest BCUT2D eigenvalue weighted by molar-refractivity contribution is 0.0945. The molecule has 7 nitrogen and oxygen atoms in total. The average molecular weight is 521 g/mol. The van der Waals surface area contributed by atoms with Gasteiger partial charge in [-0.15, -0.1) is 0 Å². The lowest BCUT2D eigenvalue weighted by atomic mass is 10.1. The Labute approximate surface area is 204 Å². The Morgan fingerprint density at radius 3 is 2.65 bits per heavy atom. The van der Waals surface area contributed by atoms with Crippen molar-refractivity contribution in [1.82, 2.24) is 25.6 Å². The highest BCUT2D eigenvalue weighted by Crippen LogP contribution is 2.32. The molecule has 2 aromatic heterocycles. The number of pyridine rings is 1. The predicted octanol–water partition coefficient (Wildman–Crippen LogP) is 4.82. The van der Waals surface area contributed by atoms with Gasteiger partial charge in [0.15, 0.2) is 5.65 Å². The predicted molar refractivity (Wildman–Crippen MR) is 134 cm³/mol. The number of aromatic nitrogens is 3. The van der Waals surface area contributed by atoms with Crippen molar-refractivity contribution >= 4 is 44.5 Å². The zero-order chi connectivity index (χ0) is 23.5. The molecule has 1 fully saturated rings. The van der Waals surface area contributed by atoms with Crippen LogP contribution in [-0.2, 0) is 0 Å². The molecule has 0 unspecified atom stereocenters. The first-order chi connectivity index (χ1) is 16.6. The summed E-state index contributed by atoms with van der Waals surface area (Å²) in [5.74, 6) is -0.279. The fourth-order valence-electron chi connectivity index (χ4n) is 3.95. The van der Waals surface area contributed by atoms with E-state index in [9.17, 15) is 9.18 Å². The van der Waals surface area contributed by atoms with Gasteiger partial charge in [0.2, 0.25) is 5.95 Å². The second kappa shape index (κ2) is 9.82. The van der Waals surface area contributed by atoms with Gasteiger partial charge in [0.05, 0.1) is 5.69 Å². The molecule has 172 valence electrons. The fourth-order valence-corrected chi connectivity index (χ4v) is 4.42. The third-order valence-electron chi connectivity index (χ3n) is 5.69. The Morgan fingerprint density at radius 1 is 1.06 bits per heavy atom. The summed E-state index contributed by atoms with van der Waals surface area (Å²) < 4.78 is 14.2. The molecule has 0 spiro atoms. The third kappa shape index (κ3) is 4.90. The average Bonchev–Trinajstić information content (AvgIpc) is 3.37. The Balaban J connectivity index is 1.53. The van der Waals surface area contributed by atoms with E-state index >= 15 is 0 Å². The first-order valence-corrected chi connectivity index (χ1v) is 11.8. The van der Waals surface area contributed by atoms with Crippen molar-refractivity contribution in [1.29, 1.82) is 0 Å². The van der Waals surface area contributed by atoms with Crippen LogP contribution in [0.2, 0.25) is 0 Å². The Bertz CT molecular complexity index is 1340. The molecule has 0 bridgehead atoms. The van der Waals surface area contributed by atoms with Crippen molar-refractivity contribution in [2.45, 2.75) is 18.9 Å². The summed E-state index contributed by atoms with van der Waals surface area (Å²) in [4.78, 5) is 26.6. The number of nitrogens with one attached hydrogen (secondary N) is 3. The van der Waals surface area contributed by atoms with E-state index in [2.05, 4.69) is 41.8 Å². The highest BCUT2D eigenvalue weighted by molar-refractivity contribution is 9.10. The molecule has 1 aliphatic rings. The summed E-state index contributed by atoms with van der Waals surface area (Å²) in [6.45, 7) is 1.54. The SMILES string of the molecule is O=C(NC[C@@H]1CCCN1)c1ccc2c(-c3ccccc3Br)nc(Nc3ccc(F)cc3)nc2n1. The third-order valence-corrected chi connectivity index (χ3v) is 6.38. The van der Waals surface area contributed by atoms with E-state index in [1.807, 2.05) is 30.3 Å². The summed E-state index contributed by atoms with van der Waals surface area (Å²) in [6.07, 6.45) is 2.17. The topological polar surface area (TPSA) is 91.8 Å². The molecule has 34 heavy (non-hydrogen) atoms. The highest BCUT2D eigenvalue weighted by atomic mass is 79.9. The van der Waals surface area contributed by atoms with Gasteiger partial charge in [0, 0.05) is 33.7 Å². The quantitative estimate of drug-likeness (QED) is 0.337. The molecule has 0 radical (unpaired) electrons. The first kappa shape index (κ1) is 22.4. The van der Waals surface area contributed by atoms with E-state index in [4.69, 9.17) is 4.98 Å². The molecule has 1 saturated heterocycles. The summed E-state index contributed by atoms with van der Waals surface area (Å²) in [5.41, 5.74) is 2.84. The zero-order valence-electron chi connectivity index (χ0n) is 18.2. The number of carbonyl (C=O) groups is 1. The van der Waals surface area contributed by atoms with Crippen LogP contribution in [-0.4, -0.2) is 40.0 Å². The van der Waals surface area contributed by atoms with Gasteiger partial charge in [0.25, 0.3) is 5.91 Å². The number of anilines is 2. The van der Waals surface area contributed by atoms with Gasteiger partial charge < -0.3 is 16.0 Å². The maximum absolute atomic E-state index is 13.3. The van der Waals surface area contributed by atoms with E-state index in [-0.39, 0.29) is 17.4 Å². The molecular formula is C25H22BrFN6O. The van der Waals surface area contributed by atoms with Crippen LogP contribution in [0.1, 0.15) is 23.3 Å². The molecular weight excluding hydrogens is 499 g/mol. The van der Waals surface area contributed by atoms with Crippen molar-refractivity contribution in [3.8, 4) is 11.3 Å². The van der Waals surface area contributed by atoms with Gasteiger partial charge >= 0.3 is 0 Å². The van der Waals surface area contributed by atoms with E-state index in [1.165, 1.54) is 12.1 Å². The lowest BCUT2D eigenvalue weighted by Gasteiger charge is -2.13. The van der Waals surface area contributed by atoms with Crippen LogP contribution in [0.25, 0.3) is 22.3 Å². The van der Waals surface area contributed by atoms with Gasteiger partial charge in [-0.05, 0) is 61.9 Å². The molecule has 0 aliphatic carbocycles. The molecule has 1 amide bonds. The van der Waals surface area contributed by atoms with Gasteiger partial charge in [-0.25, -0.2) is 14.4 Å². The number of fused-ring (bicyclic) bond motifs is 1. The van der Waals surface area contributed by atoms with Crippen LogP contribution < -0.4 is 16.0 Å². The molecule has 5 rings (SSSR count). The molecule has 3 N–H and O–H groups in total. The summed E-state index contributed by atoms with van der Waals surface area (Å²) in [7, 11) is 0. The van der Waals surface area contributed by atoms with Crippen molar-refractivity contribution in [3.05, 3.63) is 76.6 Å². The minimum Gasteiger partial charge on any atom is -0.349 e. The van der Waals surface area contributed by atoms with E-state index in [0.29, 0.717) is 40.9 Å². The maximum Gasteiger partial charge on any atom is 0.270 e. The Hall–Kier alpha value is -3.43. The number of halogens is 2. The second-order valence-corrected chi connectivity index (χ2v) is 8.93. The molecule has 3 heterocycles. The Kier molecular flexibility index (Phi) is 6.46. The molecule has 9 heteroatoms. The lowest BCUT2D eigenvalue weighted by Crippen LogP contribution is -2.37. The number of rotatable bonds is 6. The van der Waals surface area contributed by atoms with Crippen LogP contribution >= 0.6 is 15.9 Å². The van der Waals surface area contributed by atoms with Gasteiger partial charge in [-0.1, -0.05) is 34.1 Å². The largest absolute Gasteiger partial charge is 0.349 e. The van der Waals surface area contributed by atoms with Gasteiger partial charge in [-0.2, -0.15) is 4.98 Å². The normalized spacial score (nSPS) is 15.4. The van der Waals surface area contributed by atoms with Gasteiger partial charge in [0.1, 0.15) is 11.5 Å². The number of hydrogen-bond acceptors (Lipinski definition) is 6. The van der Waals surface area contributed by atoms with Crippen LogP contribution in [0.4, 0.5) is 16.0 Å². The van der Waals surface area contributed by atoms with Gasteiger partial charge in [-0.3, -0.25) is 4.79 Å². The summed E-state index contributed by atoms with van der Waals surface area (Å²) in [6, 6.07) is 17.5. The first-order valence-electron chi connectivity index (χ1n) is 11.0. The van der Waals surface area contributed by atoms with Crippen LogP contribution in [0.15, 0.2) is 65.1 Å². The minimum absolute atomic E-state index is 0.246. The van der Waals surface area contributed by atoms with Crippen LogP contribution in [0.3, 0.4) is 0 Å². The minimum atomic E-state index is -0.330. The standard InChI is InChI=1S/C25H22BrFN6O/c26-20-6-2-1-5-18(20)22-19-11-12-21(24(34)29-14-17-4-3-13-28-17)31-23(19)33-25(32-22)30-16-9-7-15(27)8-10-16/h1-2,5-12,17,28H,3-4,13-14H2,(H,29,34)(H,30,31,32,33)/t17-/m0/s1. The number of nitrogens with zero attached hydrogens (tertiary/aromatic N) is 3. The second-order valence-electron chi connectivity index (χ2n) is 8.08. The van der Waals surface area contributed by atoms with Crippen molar-refractivity contribution in [2.24, 2.45) is 0 Å². The van der Waals surface area contributed by atoms with Crippen molar-refractivity contribution in [3.63, 3.8) is 0 Å². The van der Waals surface area contributed by atoms with Crippen LogP contribution in [0, 0.1) is 5.82 Å². The highest BCUT2D eigenvalue weighted by Gasteiger charge is 2.18. The maximum atomic E-state index is 13.3. The molecule has 0 saturated carbocycles. The van der Waals surface area contributed by atoms with Crippen molar-refractivity contribution < 1.29 is 9.18 Å². The van der Waals surface area contributed by atoms with E-state index < -0.39 is 0 Å². The molecule has 2 aromatic carbocycles. The summed E-state index contributed by atoms with van der Waals surface area (Å²) in [5, 5.41) is 10.1. The summed E-state index contributed by atoms with van der Waals surface area (Å²) >= 11 is 3.60. The zero-order valence-corrected chi connectivity index (χ0v) is 19.8. The monoisotopic (exact) mass is 520 g/mol. The number of hydrogen-bond donors (Lipinski definition) is 3. The smallest absolute Gasteiger partial charge is 0.270 e. The molecule has 1 atom stereocenters. The van der Waals surface area contributed by atoms with Crippen LogP contribution in [0.5, 0.6) is 0 Å². The fraction of sp³-hybridized carbons (Fsp3) is 0.200. The molecule has 4 aromatic rings. The number of benzene rings is 2. The molecule has 1 aliphatic heterocycles. The Morgan fingerprint density at radius 2 is 1.88 bits per heavy atom. The number of amides is 1. The van der Waals surface area contributed by atoms with Crippen molar-refractivity contribution in [2.75, 3.05) is 18.4 Å².